The summed E-state index contributed by atoms with van der Waals surface area (Å²) in [4.78, 5) is 11.4. The second-order valence-electron chi connectivity index (χ2n) is 3.87. The molecule has 1 heterocycles. The molecule has 0 radical (unpaired) electrons. The Bertz CT molecular complexity index is 585. The minimum atomic E-state index is -0.300. The first-order valence-corrected chi connectivity index (χ1v) is 6.14. The van der Waals surface area contributed by atoms with Gasteiger partial charge >= 0.3 is 5.69 Å². The average molecular weight is 328 g/mol. The predicted molar refractivity (Wildman–Crippen MR) is 66.7 cm³/mol. The topological polar surface area (TPSA) is 63.6 Å². The smallest absolute Gasteiger partial charge is 0.244 e. The zero-order valence-corrected chi connectivity index (χ0v) is 10.5. The summed E-state index contributed by atoms with van der Waals surface area (Å²) in [5.41, 5.74) is 1.82. The molecular weight excluding hydrogens is 319 g/mol. The van der Waals surface area contributed by atoms with Crippen molar-refractivity contribution in [3.63, 3.8) is 0 Å². The van der Waals surface area contributed by atoms with Crippen LogP contribution in [0.1, 0.15) is 24.3 Å². The highest BCUT2D eigenvalue weighted by Crippen LogP contribution is 2.42. The van der Waals surface area contributed by atoms with E-state index in [-0.39, 0.29) is 5.69 Å². The normalized spacial score (nSPS) is 15.3. The van der Waals surface area contributed by atoms with Crippen molar-refractivity contribution in [1.82, 2.24) is 20.2 Å². The maximum atomic E-state index is 11.4. The summed E-state index contributed by atoms with van der Waals surface area (Å²) in [6, 6.07) is 5.97. The predicted octanol–water partition coefficient (Wildman–Crippen LogP) is 1.44. The van der Waals surface area contributed by atoms with Crippen LogP contribution in [-0.2, 0) is 0 Å². The Kier molecular flexibility index (Phi) is 2.31. The van der Waals surface area contributed by atoms with Crippen molar-refractivity contribution in [2.24, 2.45) is 0 Å². The number of rotatable bonds is 2. The number of nitrogens with zero attached hydrogens (tertiary/aromatic N) is 3. The van der Waals surface area contributed by atoms with E-state index in [4.69, 9.17) is 0 Å². The monoisotopic (exact) mass is 328 g/mol. The van der Waals surface area contributed by atoms with E-state index in [1.807, 2.05) is 12.1 Å². The summed E-state index contributed by atoms with van der Waals surface area (Å²) in [5, 5.41) is 9.56. The van der Waals surface area contributed by atoms with Crippen molar-refractivity contribution in [2.75, 3.05) is 0 Å². The maximum absolute atomic E-state index is 11.4. The molecule has 1 aliphatic rings. The van der Waals surface area contributed by atoms with Crippen molar-refractivity contribution < 1.29 is 0 Å². The van der Waals surface area contributed by atoms with Gasteiger partial charge in [-0.15, -0.1) is 0 Å². The molecule has 0 unspecified atom stereocenters. The van der Waals surface area contributed by atoms with Gasteiger partial charge in [-0.1, -0.05) is 12.1 Å². The third-order valence-electron chi connectivity index (χ3n) is 2.73. The second-order valence-corrected chi connectivity index (χ2v) is 4.95. The van der Waals surface area contributed by atoms with Gasteiger partial charge in [0, 0.05) is 3.57 Å². The molecule has 1 aliphatic carbocycles. The number of halogens is 1. The van der Waals surface area contributed by atoms with Crippen LogP contribution in [0.4, 0.5) is 0 Å². The molecular formula is C10H9IN4O. The van der Waals surface area contributed by atoms with Crippen molar-refractivity contribution in [2.45, 2.75) is 18.8 Å². The molecule has 0 atom stereocenters. The van der Waals surface area contributed by atoms with Gasteiger partial charge in [-0.25, -0.2) is 9.89 Å². The molecule has 0 saturated heterocycles. The van der Waals surface area contributed by atoms with Gasteiger partial charge in [-0.2, -0.15) is 4.68 Å². The minimum Gasteiger partial charge on any atom is -0.244 e. The van der Waals surface area contributed by atoms with E-state index >= 15 is 0 Å². The zero-order valence-electron chi connectivity index (χ0n) is 8.35. The lowest BCUT2D eigenvalue weighted by molar-refractivity contribution is 0.775. The number of hydrogen-bond donors (Lipinski definition) is 1. The molecule has 0 amide bonds. The number of nitrogens with one attached hydrogen (secondary N) is 1. The summed E-state index contributed by atoms with van der Waals surface area (Å²) in [7, 11) is 0. The molecule has 1 fully saturated rings. The Hall–Kier alpha value is -1.18. The fourth-order valence-corrected chi connectivity index (χ4v) is 2.79. The minimum absolute atomic E-state index is 0.300. The molecule has 3 rings (SSSR count). The standard InChI is InChI=1S/C10H9IN4O/c11-9-7(6-4-5-6)2-1-3-8(9)15-10(16)12-13-14-15/h1-3,6H,4-5H2,(H,12,14,16). The molecule has 1 aromatic carbocycles. The van der Waals surface area contributed by atoms with Crippen LogP contribution in [0.15, 0.2) is 23.0 Å². The molecule has 0 aliphatic heterocycles. The molecule has 82 valence electrons. The van der Waals surface area contributed by atoms with E-state index < -0.39 is 0 Å². The average Bonchev–Trinajstić information content (AvgIpc) is 3.03. The van der Waals surface area contributed by atoms with Crippen LogP contribution in [0.5, 0.6) is 0 Å². The van der Waals surface area contributed by atoms with Crippen LogP contribution in [0.3, 0.4) is 0 Å². The highest BCUT2D eigenvalue weighted by Gasteiger charge is 2.26. The van der Waals surface area contributed by atoms with Gasteiger partial charge in [-0.05, 0) is 63.4 Å². The maximum Gasteiger partial charge on any atom is 0.365 e. The zero-order chi connectivity index (χ0) is 11.1. The summed E-state index contributed by atoms with van der Waals surface area (Å²) in [6.45, 7) is 0. The van der Waals surface area contributed by atoms with Gasteiger partial charge in [0.05, 0.1) is 5.69 Å². The van der Waals surface area contributed by atoms with E-state index in [1.54, 1.807) is 0 Å². The van der Waals surface area contributed by atoms with Crippen molar-refractivity contribution in [3.8, 4) is 5.69 Å². The molecule has 0 spiro atoms. The molecule has 5 nitrogen and oxygen atoms in total. The molecule has 1 aromatic heterocycles. The Morgan fingerprint density at radius 3 is 2.88 bits per heavy atom. The van der Waals surface area contributed by atoms with Gasteiger partial charge in [-0.3, -0.25) is 0 Å². The van der Waals surface area contributed by atoms with Gasteiger partial charge < -0.3 is 0 Å². The fourth-order valence-electron chi connectivity index (χ4n) is 1.77. The summed E-state index contributed by atoms with van der Waals surface area (Å²) < 4.78 is 2.40. The van der Waals surface area contributed by atoms with Crippen molar-refractivity contribution in [1.29, 1.82) is 0 Å². The molecule has 16 heavy (non-hydrogen) atoms. The number of aromatic amines is 1. The SMILES string of the molecule is O=c1[nH]nnn1-c1cccc(C2CC2)c1I. The Morgan fingerprint density at radius 2 is 2.25 bits per heavy atom. The van der Waals surface area contributed by atoms with E-state index in [1.165, 1.54) is 23.1 Å². The van der Waals surface area contributed by atoms with Gasteiger partial charge in [0.25, 0.3) is 0 Å². The number of hydrogen-bond acceptors (Lipinski definition) is 3. The van der Waals surface area contributed by atoms with Crippen LogP contribution in [0.2, 0.25) is 0 Å². The summed E-state index contributed by atoms with van der Waals surface area (Å²) >= 11 is 2.27. The Balaban J connectivity index is 2.18. The third kappa shape index (κ3) is 1.57. The van der Waals surface area contributed by atoms with E-state index in [2.05, 4.69) is 44.2 Å². The van der Waals surface area contributed by atoms with Crippen LogP contribution >= 0.6 is 22.6 Å². The lowest BCUT2D eigenvalue weighted by Crippen LogP contribution is -2.17. The lowest BCUT2D eigenvalue weighted by Gasteiger charge is -2.07. The van der Waals surface area contributed by atoms with Crippen LogP contribution < -0.4 is 5.69 Å². The summed E-state index contributed by atoms with van der Waals surface area (Å²) in [5.74, 6) is 0.662. The van der Waals surface area contributed by atoms with E-state index in [0.717, 1.165) is 9.26 Å². The lowest BCUT2D eigenvalue weighted by atomic mass is 10.1. The van der Waals surface area contributed by atoms with Crippen LogP contribution in [0, 0.1) is 3.57 Å². The van der Waals surface area contributed by atoms with E-state index in [0.29, 0.717) is 5.92 Å². The van der Waals surface area contributed by atoms with Crippen LogP contribution in [0.25, 0.3) is 5.69 Å². The number of benzene rings is 1. The molecule has 1 N–H and O–H groups in total. The van der Waals surface area contributed by atoms with Gasteiger partial charge in [0.1, 0.15) is 0 Å². The Morgan fingerprint density at radius 1 is 1.44 bits per heavy atom. The number of aromatic nitrogens is 4. The fraction of sp³-hybridized carbons (Fsp3) is 0.300. The third-order valence-corrected chi connectivity index (χ3v) is 3.90. The van der Waals surface area contributed by atoms with Gasteiger partial charge in [0.2, 0.25) is 0 Å². The van der Waals surface area contributed by atoms with Crippen molar-refractivity contribution >= 4 is 22.6 Å². The quantitative estimate of drug-likeness (QED) is 0.849. The second kappa shape index (κ2) is 3.69. The molecule has 1 saturated carbocycles. The van der Waals surface area contributed by atoms with E-state index in [9.17, 15) is 4.79 Å². The Labute approximate surface area is 105 Å². The highest BCUT2D eigenvalue weighted by molar-refractivity contribution is 14.1. The molecule has 6 heteroatoms. The summed E-state index contributed by atoms with van der Waals surface area (Å²) in [6.07, 6.45) is 2.49. The number of H-pyrrole nitrogens is 1. The number of tetrazole rings is 1. The molecule has 0 bridgehead atoms. The van der Waals surface area contributed by atoms with Gasteiger partial charge in [0.15, 0.2) is 0 Å². The molecule has 2 aromatic rings. The first-order chi connectivity index (χ1) is 7.77. The first kappa shape index (κ1) is 10.0. The highest BCUT2D eigenvalue weighted by atomic mass is 127. The first-order valence-electron chi connectivity index (χ1n) is 5.06. The largest absolute Gasteiger partial charge is 0.365 e. The van der Waals surface area contributed by atoms with Crippen molar-refractivity contribution in [3.05, 3.63) is 37.8 Å². The van der Waals surface area contributed by atoms with Crippen LogP contribution in [-0.4, -0.2) is 20.2 Å².